The standard InChI is InChI=1S/C23H28N2O3/c1-28-12-11-24-14-17-5-8-21(24)16-25(15-17)23(27)20-4-2-3-19(13-20)18-6-9-22(26)10-7-18/h2-4,6-7,9-10,13,17,21,26H,5,8,11-12,14-16H2,1H3/t17-,21-/m1/s1. The van der Waals surface area contributed by atoms with E-state index in [0.29, 0.717) is 12.0 Å². The Hall–Kier alpha value is -2.37. The van der Waals surface area contributed by atoms with Gasteiger partial charge < -0.3 is 14.7 Å². The Morgan fingerprint density at radius 1 is 1.07 bits per heavy atom. The number of amides is 1. The van der Waals surface area contributed by atoms with Crippen molar-refractivity contribution < 1.29 is 14.6 Å². The second-order valence-electron chi connectivity index (χ2n) is 7.92. The molecule has 3 aliphatic heterocycles. The number of ether oxygens (including phenoxy) is 1. The highest BCUT2D eigenvalue weighted by Crippen LogP contribution is 2.29. The van der Waals surface area contributed by atoms with Gasteiger partial charge in [0.2, 0.25) is 0 Å². The van der Waals surface area contributed by atoms with E-state index in [1.54, 1.807) is 19.2 Å². The molecule has 148 valence electrons. The van der Waals surface area contributed by atoms with Crippen LogP contribution in [0, 0.1) is 5.92 Å². The molecule has 3 heterocycles. The highest BCUT2D eigenvalue weighted by molar-refractivity contribution is 5.95. The topological polar surface area (TPSA) is 53.0 Å². The van der Waals surface area contributed by atoms with E-state index in [0.717, 1.165) is 55.9 Å². The molecule has 5 rings (SSSR count). The maximum Gasteiger partial charge on any atom is 0.253 e. The van der Waals surface area contributed by atoms with Crippen LogP contribution in [0.3, 0.4) is 0 Å². The summed E-state index contributed by atoms with van der Waals surface area (Å²) >= 11 is 0. The van der Waals surface area contributed by atoms with Gasteiger partial charge in [-0.2, -0.15) is 0 Å². The summed E-state index contributed by atoms with van der Waals surface area (Å²) in [7, 11) is 1.74. The third-order valence-corrected chi connectivity index (χ3v) is 6.01. The number of hydrogen-bond acceptors (Lipinski definition) is 4. The van der Waals surface area contributed by atoms with E-state index >= 15 is 0 Å². The Labute approximate surface area is 166 Å². The summed E-state index contributed by atoms with van der Waals surface area (Å²) in [6.07, 6.45) is 2.36. The van der Waals surface area contributed by atoms with Crippen LogP contribution in [0.4, 0.5) is 0 Å². The second kappa shape index (κ2) is 8.33. The van der Waals surface area contributed by atoms with Crippen LogP contribution >= 0.6 is 0 Å². The molecule has 0 aliphatic carbocycles. The number of aromatic hydroxyl groups is 1. The lowest BCUT2D eigenvalue weighted by Gasteiger charge is -2.35. The lowest BCUT2D eigenvalue weighted by molar-refractivity contribution is 0.0718. The Bertz CT molecular complexity index is 821. The predicted octanol–water partition coefficient (Wildman–Crippen LogP) is 3.24. The van der Waals surface area contributed by atoms with Gasteiger partial charge in [-0.25, -0.2) is 0 Å². The molecule has 1 amide bonds. The van der Waals surface area contributed by atoms with Gasteiger partial charge in [0.15, 0.2) is 0 Å². The SMILES string of the molecule is COCCN1C[C@H]2CC[C@@H]1CN(C(=O)c1cccc(-c3ccc(O)cc3)c1)C2. The summed E-state index contributed by atoms with van der Waals surface area (Å²) in [5.41, 5.74) is 2.72. The van der Waals surface area contributed by atoms with Gasteiger partial charge in [0, 0.05) is 44.9 Å². The number of piperidine rings is 1. The monoisotopic (exact) mass is 380 g/mol. The molecule has 3 fully saturated rings. The van der Waals surface area contributed by atoms with Gasteiger partial charge in [-0.15, -0.1) is 0 Å². The Balaban J connectivity index is 1.52. The van der Waals surface area contributed by atoms with Crippen molar-refractivity contribution in [2.75, 3.05) is 39.9 Å². The van der Waals surface area contributed by atoms with E-state index in [2.05, 4.69) is 4.90 Å². The third-order valence-electron chi connectivity index (χ3n) is 6.01. The number of benzene rings is 2. The third kappa shape index (κ3) is 4.05. The summed E-state index contributed by atoms with van der Waals surface area (Å²) in [4.78, 5) is 17.8. The fraction of sp³-hybridized carbons (Fsp3) is 0.435. The Morgan fingerprint density at radius 2 is 1.89 bits per heavy atom. The molecular formula is C23H28N2O3. The molecule has 3 saturated heterocycles. The van der Waals surface area contributed by atoms with E-state index in [4.69, 9.17) is 4.74 Å². The van der Waals surface area contributed by atoms with E-state index in [1.807, 2.05) is 41.3 Å². The lowest BCUT2D eigenvalue weighted by Crippen LogP contribution is -2.45. The number of phenols is 1. The normalized spacial score (nSPS) is 22.2. The van der Waals surface area contributed by atoms with Crippen molar-refractivity contribution in [3.63, 3.8) is 0 Å². The molecule has 2 bridgehead atoms. The molecule has 1 N–H and O–H groups in total. The van der Waals surface area contributed by atoms with Crippen LogP contribution in [0.1, 0.15) is 23.2 Å². The number of nitrogens with zero attached hydrogens (tertiary/aromatic N) is 2. The molecule has 28 heavy (non-hydrogen) atoms. The van der Waals surface area contributed by atoms with Crippen LogP contribution in [-0.4, -0.2) is 66.8 Å². The first-order valence-electron chi connectivity index (χ1n) is 10.1. The van der Waals surface area contributed by atoms with Gasteiger partial charge in [0.1, 0.15) is 5.75 Å². The van der Waals surface area contributed by atoms with Crippen LogP contribution in [0.5, 0.6) is 5.75 Å². The molecule has 2 aromatic rings. The van der Waals surface area contributed by atoms with Crippen LogP contribution in [0.15, 0.2) is 48.5 Å². The first-order chi connectivity index (χ1) is 13.6. The van der Waals surface area contributed by atoms with Crippen LogP contribution in [0.25, 0.3) is 11.1 Å². The lowest BCUT2D eigenvalue weighted by atomic mass is 9.95. The zero-order valence-electron chi connectivity index (χ0n) is 16.4. The minimum atomic E-state index is 0.117. The molecule has 5 heteroatoms. The van der Waals surface area contributed by atoms with Gasteiger partial charge in [-0.3, -0.25) is 9.69 Å². The Kier molecular flexibility index (Phi) is 5.64. The fourth-order valence-corrected chi connectivity index (χ4v) is 4.50. The summed E-state index contributed by atoms with van der Waals surface area (Å²) in [5, 5.41) is 9.50. The van der Waals surface area contributed by atoms with Crippen LogP contribution in [-0.2, 0) is 4.74 Å². The van der Waals surface area contributed by atoms with Crippen LogP contribution in [0.2, 0.25) is 0 Å². The van der Waals surface area contributed by atoms with Crippen molar-refractivity contribution in [3.8, 4) is 16.9 Å². The summed E-state index contributed by atoms with van der Waals surface area (Å²) in [5.74, 6) is 0.903. The first kappa shape index (κ1) is 19.0. The van der Waals surface area contributed by atoms with Crippen molar-refractivity contribution >= 4 is 5.91 Å². The van der Waals surface area contributed by atoms with E-state index in [-0.39, 0.29) is 11.7 Å². The molecule has 0 radical (unpaired) electrons. The number of methoxy groups -OCH3 is 1. The van der Waals surface area contributed by atoms with E-state index in [9.17, 15) is 9.90 Å². The van der Waals surface area contributed by atoms with Gasteiger partial charge in [-0.1, -0.05) is 24.3 Å². The number of carbonyl (C=O) groups excluding carboxylic acids is 1. The fourth-order valence-electron chi connectivity index (χ4n) is 4.50. The average Bonchev–Trinajstić information content (AvgIpc) is 3.04. The van der Waals surface area contributed by atoms with Gasteiger partial charge in [0.25, 0.3) is 5.91 Å². The smallest absolute Gasteiger partial charge is 0.253 e. The minimum absolute atomic E-state index is 0.117. The molecule has 0 aromatic heterocycles. The van der Waals surface area contributed by atoms with E-state index in [1.165, 1.54) is 6.42 Å². The van der Waals surface area contributed by atoms with E-state index < -0.39 is 0 Å². The van der Waals surface area contributed by atoms with Crippen LogP contribution < -0.4 is 0 Å². The highest BCUT2D eigenvalue weighted by Gasteiger charge is 2.36. The van der Waals surface area contributed by atoms with Crippen molar-refractivity contribution in [2.45, 2.75) is 18.9 Å². The number of phenolic OH excluding ortho intramolecular Hbond substituents is 1. The molecular weight excluding hydrogens is 352 g/mol. The molecule has 2 atom stereocenters. The van der Waals surface area contributed by atoms with Crippen molar-refractivity contribution in [3.05, 3.63) is 54.1 Å². The highest BCUT2D eigenvalue weighted by atomic mass is 16.5. The number of rotatable bonds is 5. The molecule has 3 aliphatic rings. The minimum Gasteiger partial charge on any atom is -0.508 e. The predicted molar refractivity (Wildman–Crippen MR) is 109 cm³/mol. The maximum absolute atomic E-state index is 13.3. The summed E-state index contributed by atoms with van der Waals surface area (Å²) < 4.78 is 5.26. The molecule has 2 aromatic carbocycles. The second-order valence-corrected chi connectivity index (χ2v) is 7.92. The first-order valence-corrected chi connectivity index (χ1v) is 10.1. The average molecular weight is 380 g/mol. The summed E-state index contributed by atoms with van der Waals surface area (Å²) in [6, 6.07) is 15.3. The quantitative estimate of drug-likeness (QED) is 0.865. The Morgan fingerprint density at radius 3 is 2.68 bits per heavy atom. The zero-order chi connectivity index (χ0) is 19.5. The number of carbonyl (C=O) groups is 1. The molecule has 0 unspecified atom stereocenters. The zero-order valence-corrected chi connectivity index (χ0v) is 16.4. The largest absolute Gasteiger partial charge is 0.508 e. The summed E-state index contributed by atoms with van der Waals surface area (Å²) in [6.45, 7) is 4.37. The van der Waals surface area contributed by atoms with Crippen molar-refractivity contribution in [1.29, 1.82) is 0 Å². The van der Waals surface area contributed by atoms with Gasteiger partial charge in [0.05, 0.1) is 6.61 Å². The maximum atomic E-state index is 13.3. The number of hydrogen-bond donors (Lipinski definition) is 1. The number of fused-ring (bicyclic) bond motifs is 4. The van der Waals surface area contributed by atoms with Crippen molar-refractivity contribution in [1.82, 2.24) is 9.80 Å². The van der Waals surface area contributed by atoms with Crippen molar-refractivity contribution in [2.24, 2.45) is 5.92 Å². The molecule has 0 spiro atoms. The molecule has 0 saturated carbocycles. The van der Waals surface area contributed by atoms with Gasteiger partial charge >= 0.3 is 0 Å². The van der Waals surface area contributed by atoms with Gasteiger partial charge in [-0.05, 0) is 54.2 Å². The molecule has 5 nitrogen and oxygen atoms in total.